The van der Waals surface area contributed by atoms with Crippen LogP contribution >= 0.6 is 0 Å². The largest absolute Gasteiger partial charge is 0.497 e. The number of anilines is 1. The van der Waals surface area contributed by atoms with Gasteiger partial charge in [0.05, 0.1) is 19.1 Å². The van der Waals surface area contributed by atoms with Crippen LogP contribution in [0.15, 0.2) is 78.9 Å². The molecule has 1 atom stereocenters. The highest BCUT2D eigenvalue weighted by Gasteiger charge is 2.31. The zero-order chi connectivity index (χ0) is 30.0. The molecular formula is C31H38FN3O5S. The van der Waals surface area contributed by atoms with Gasteiger partial charge in [-0.25, -0.2) is 12.8 Å². The second-order valence-corrected chi connectivity index (χ2v) is 12.1. The molecule has 0 aromatic heterocycles. The molecule has 8 nitrogen and oxygen atoms in total. The number of carbonyl (C=O) groups excluding carboxylic acids is 2. The van der Waals surface area contributed by atoms with Gasteiger partial charge in [0, 0.05) is 32.0 Å². The maximum Gasteiger partial charge on any atom is 0.243 e. The molecule has 0 bridgehead atoms. The predicted molar refractivity (Wildman–Crippen MR) is 159 cm³/mol. The Morgan fingerprint density at radius 3 is 2.12 bits per heavy atom. The fourth-order valence-electron chi connectivity index (χ4n) is 4.47. The topological polar surface area (TPSA) is 96.0 Å². The lowest BCUT2D eigenvalue weighted by atomic mass is 10.0. The fourth-order valence-corrected chi connectivity index (χ4v) is 5.44. The van der Waals surface area contributed by atoms with Gasteiger partial charge in [-0.05, 0) is 67.8 Å². The van der Waals surface area contributed by atoms with Crippen molar-refractivity contribution in [2.24, 2.45) is 0 Å². The molecule has 0 spiro atoms. The van der Waals surface area contributed by atoms with Crippen molar-refractivity contribution in [1.82, 2.24) is 10.2 Å². The molecular weight excluding hydrogens is 545 g/mol. The van der Waals surface area contributed by atoms with Gasteiger partial charge in [-0.2, -0.15) is 0 Å². The molecule has 3 aromatic carbocycles. The molecule has 1 N–H and O–H groups in total. The summed E-state index contributed by atoms with van der Waals surface area (Å²) in [6, 6.07) is 20.9. The smallest absolute Gasteiger partial charge is 0.243 e. The third-order valence-electron chi connectivity index (χ3n) is 6.48. The van der Waals surface area contributed by atoms with Crippen LogP contribution in [0, 0.1) is 5.82 Å². The molecule has 220 valence electrons. The average molecular weight is 584 g/mol. The van der Waals surface area contributed by atoms with Gasteiger partial charge in [-0.15, -0.1) is 0 Å². The van der Waals surface area contributed by atoms with Crippen molar-refractivity contribution >= 4 is 27.5 Å². The minimum absolute atomic E-state index is 0.00359. The second kappa shape index (κ2) is 14.6. The van der Waals surface area contributed by atoms with Crippen LogP contribution in [0.25, 0.3) is 0 Å². The summed E-state index contributed by atoms with van der Waals surface area (Å²) in [5.41, 5.74) is 2.02. The number of methoxy groups -OCH3 is 1. The molecule has 41 heavy (non-hydrogen) atoms. The molecule has 0 saturated carbocycles. The number of amides is 2. The van der Waals surface area contributed by atoms with E-state index in [0.717, 1.165) is 11.8 Å². The van der Waals surface area contributed by atoms with E-state index in [4.69, 9.17) is 4.74 Å². The van der Waals surface area contributed by atoms with Crippen molar-refractivity contribution in [2.75, 3.05) is 24.2 Å². The Kier molecular flexibility index (Phi) is 11.3. The van der Waals surface area contributed by atoms with E-state index in [2.05, 4.69) is 5.32 Å². The van der Waals surface area contributed by atoms with E-state index in [9.17, 15) is 22.4 Å². The highest BCUT2D eigenvalue weighted by atomic mass is 32.2. The first-order valence-electron chi connectivity index (χ1n) is 13.5. The van der Waals surface area contributed by atoms with Gasteiger partial charge in [0.2, 0.25) is 21.8 Å². The summed E-state index contributed by atoms with van der Waals surface area (Å²) in [7, 11) is -2.10. The quantitative estimate of drug-likeness (QED) is 0.301. The maximum absolute atomic E-state index is 13.8. The van der Waals surface area contributed by atoms with Gasteiger partial charge in [-0.3, -0.25) is 13.9 Å². The minimum atomic E-state index is -3.62. The van der Waals surface area contributed by atoms with Gasteiger partial charge < -0.3 is 15.0 Å². The van der Waals surface area contributed by atoms with E-state index in [1.165, 1.54) is 28.4 Å². The third kappa shape index (κ3) is 9.60. The number of nitrogens with one attached hydrogen (secondary N) is 1. The van der Waals surface area contributed by atoms with E-state index < -0.39 is 21.9 Å². The lowest BCUT2D eigenvalue weighted by molar-refractivity contribution is -0.141. The summed E-state index contributed by atoms with van der Waals surface area (Å²) < 4.78 is 45.2. The van der Waals surface area contributed by atoms with Crippen LogP contribution in [0.2, 0.25) is 0 Å². The van der Waals surface area contributed by atoms with Crippen LogP contribution in [0.4, 0.5) is 10.1 Å². The Bertz CT molecular complexity index is 1380. The summed E-state index contributed by atoms with van der Waals surface area (Å²) in [6.45, 7) is 3.87. The normalized spacial score (nSPS) is 12.0. The van der Waals surface area contributed by atoms with Crippen LogP contribution < -0.4 is 14.4 Å². The molecule has 0 fully saturated rings. The van der Waals surface area contributed by atoms with Crippen LogP contribution in [-0.4, -0.2) is 57.1 Å². The number of ether oxygens (including phenoxy) is 1. The van der Waals surface area contributed by atoms with Gasteiger partial charge in [-0.1, -0.05) is 42.5 Å². The number of hydrogen-bond donors (Lipinski definition) is 1. The number of sulfonamides is 1. The summed E-state index contributed by atoms with van der Waals surface area (Å²) >= 11 is 0. The Morgan fingerprint density at radius 2 is 1.56 bits per heavy atom. The van der Waals surface area contributed by atoms with E-state index in [1.54, 1.807) is 36.4 Å². The van der Waals surface area contributed by atoms with Crippen LogP contribution in [0.5, 0.6) is 5.75 Å². The molecule has 0 saturated heterocycles. The Labute approximate surface area is 242 Å². The first-order valence-corrected chi connectivity index (χ1v) is 15.3. The number of hydrogen-bond acceptors (Lipinski definition) is 5. The zero-order valence-electron chi connectivity index (χ0n) is 23.9. The lowest BCUT2D eigenvalue weighted by Gasteiger charge is -2.32. The van der Waals surface area contributed by atoms with Gasteiger partial charge >= 0.3 is 0 Å². The summed E-state index contributed by atoms with van der Waals surface area (Å²) in [5, 5.41) is 2.93. The van der Waals surface area contributed by atoms with Crippen molar-refractivity contribution in [3.63, 3.8) is 0 Å². The summed E-state index contributed by atoms with van der Waals surface area (Å²) in [4.78, 5) is 28.7. The molecule has 0 aliphatic heterocycles. The Hall–Kier alpha value is -3.92. The summed E-state index contributed by atoms with van der Waals surface area (Å²) in [5.74, 6) is -0.407. The third-order valence-corrected chi connectivity index (χ3v) is 7.67. The first-order chi connectivity index (χ1) is 19.5. The van der Waals surface area contributed by atoms with E-state index in [-0.39, 0.29) is 50.2 Å². The van der Waals surface area contributed by atoms with Crippen molar-refractivity contribution in [3.05, 3.63) is 95.8 Å². The van der Waals surface area contributed by atoms with E-state index >= 15 is 0 Å². The van der Waals surface area contributed by atoms with Crippen molar-refractivity contribution in [3.8, 4) is 5.75 Å². The predicted octanol–water partition coefficient (Wildman–Crippen LogP) is 4.55. The second-order valence-electron chi connectivity index (χ2n) is 10.2. The number of benzene rings is 3. The molecule has 3 aromatic rings. The van der Waals surface area contributed by atoms with Gasteiger partial charge in [0.25, 0.3) is 0 Å². The lowest BCUT2D eigenvalue weighted by Crippen LogP contribution is -2.51. The van der Waals surface area contributed by atoms with Crippen LogP contribution in [0.1, 0.15) is 37.8 Å². The molecule has 10 heteroatoms. The number of carbonyl (C=O) groups is 2. The first kappa shape index (κ1) is 31.6. The van der Waals surface area contributed by atoms with Crippen molar-refractivity contribution in [2.45, 2.75) is 51.7 Å². The SMILES string of the molecule is COc1ccc(N(CCCC(=O)N(Cc2ccc(F)cc2)[C@H](Cc2ccccc2)C(=O)NC(C)C)S(C)(=O)=O)cc1. The van der Waals surface area contributed by atoms with E-state index in [1.807, 2.05) is 44.2 Å². The minimum Gasteiger partial charge on any atom is -0.497 e. The highest BCUT2D eigenvalue weighted by molar-refractivity contribution is 7.92. The molecule has 0 radical (unpaired) electrons. The Morgan fingerprint density at radius 1 is 0.927 bits per heavy atom. The maximum atomic E-state index is 13.8. The zero-order valence-corrected chi connectivity index (χ0v) is 24.7. The molecule has 0 aliphatic carbocycles. The van der Waals surface area contributed by atoms with Crippen LogP contribution in [-0.2, 0) is 32.6 Å². The van der Waals surface area contributed by atoms with Crippen molar-refractivity contribution < 1.29 is 27.1 Å². The molecule has 0 aliphatic rings. The Balaban J connectivity index is 1.86. The highest BCUT2D eigenvalue weighted by Crippen LogP contribution is 2.23. The standard InChI is InChI=1S/C31H38FN3O5S/c1-23(2)33-31(37)29(21-24-9-6-5-7-10-24)34(22-25-12-14-26(32)15-13-25)30(36)11-8-20-35(41(4,38)39)27-16-18-28(40-3)19-17-27/h5-7,9-10,12-19,23,29H,8,11,20-22H2,1-4H3,(H,33,37)/t29-/m1/s1. The monoisotopic (exact) mass is 583 g/mol. The number of halogens is 1. The van der Waals surface area contributed by atoms with E-state index in [0.29, 0.717) is 17.0 Å². The summed E-state index contributed by atoms with van der Waals surface area (Å²) in [6.07, 6.45) is 1.63. The average Bonchev–Trinajstić information content (AvgIpc) is 2.93. The molecule has 2 amide bonds. The van der Waals surface area contributed by atoms with Gasteiger partial charge in [0.1, 0.15) is 17.6 Å². The van der Waals surface area contributed by atoms with Crippen LogP contribution in [0.3, 0.4) is 0 Å². The fraction of sp³-hybridized carbons (Fsp3) is 0.355. The molecule has 0 heterocycles. The molecule has 3 rings (SSSR count). The van der Waals surface area contributed by atoms with Gasteiger partial charge in [0.15, 0.2) is 0 Å². The number of nitrogens with zero attached hydrogens (tertiary/aromatic N) is 2. The molecule has 0 unspecified atom stereocenters. The van der Waals surface area contributed by atoms with Crippen molar-refractivity contribution in [1.29, 1.82) is 0 Å². The number of rotatable bonds is 14.